The van der Waals surface area contributed by atoms with E-state index in [-0.39, 0.29) is 0 Å². The zero-order valence-electron chi connectivity index (χ0n) is 9.38. The molecule has 16 heavy (non-hydrogen) atoms. The molecule has 0 bridgehead atoms. The smallest absolute Gasteiger partial charge is 0.107 e. The van der Waals surface area contributed by atoms with E-state index >= 15 is 0 Å². The first-order valence-electron chi connectivity index (χ1n) is 5.19. The van der Waals surface area contributed by atoms with Crippen LogP contribution in [0.4, 0.5) is 0 Å². The van der Waals surface area contributed by atoms with E-state index in [1.807, 2.05) is 32.0 Å². The first kappa shape index (κ1) is 10.8. The molecule has 0 aliphatic heterocycles. The minimum absolute atomic E-state index is 0.652. The Bertz CT molecular complexity index is 480. The highest BCUT2D eigenvalue weighted by Gasteiger charge is 2.10. The van der Waals surface area contributed by atoms with Crippen molar-refractivity contribution in [1.29, 1.82) is 0 Å². The number of aromatic nitrogens is 2. The molecule has 82 valence electrons. The Balaban J connectivity index is 2.31. The van der Waals surface area contributed by atoms with Gasteiger partial charge in [-0.05, 0) is 25.5 Å². The summed E-state index contributed by atoms with van der Waals surface area (Å²) < 4.78 is 0. The Morgan fingerprint density at radius 1 is 1.06 bits per heavy atom. The van der Waals surface area contributed by atoms with E-state index in [4.69, 9.17) is 0 Å². The average Bonchev–Trinajstić information content (AvgIpc) is 2.29. The van der Waals surface area contributed by atoms with Gasteiger partial charge < -0.3 is 5.11 Å². The molecular weight excluding hydrogens is 200 g/mol. The third-order valence-electron chi connectivity index (χ3n) is 2.46. The van der Waals surface area contributed by atoms with Crippen molar-refractivity contribution in [3.8, 4) is 0 Å². The van der Waals surface area contributed by atoms with Crippen LogP contribution < -0.4 is 0 Å². The molecule has 1 N–H and O–H groups in total. The highest BCUT2D eigenvalue weighted by Crippen LogP contribution is 2.20. The van der Waals surface area contributed by atoms with Gasteiger partial charge >= 0.3 is 0 Å². The van der Waals surface area contributed by atoms with Crippen molar-refractivity contribution in [3.05, 3.63) is 59.2 Å². The first-order chi connectivity index (χ1) is 7.66. The standard InChI is InChI=1S/C13H14N2O/c1-9-5-12(7-14-6-9)13(16)11-4-3-10(2)15-8-11/h3-8,13,16H,1-2H3. The molecule has 0 aromatic carbocycles. The van der Waals surface area contributed by atoms with Gasteiger partial charge in [0.15, 0.2) is 0 Å². The van der Waals surface area contributed by atoms with Crippen LogP contribution in [-0.2, 0) is 0 Å². The molecule has 0 fully saturated rings. The van der Waals surface area contributed by atoms with Gasteiger partial charge in [-0.15, -0.1) is 0 Å². The number of hydrogen-bond acceptors (Lipinski definition) is 3. The average molecular weight is 214 g/mol. The lowest BCUT2D eigenvalue weighted by atomic mass is 10.0. The summed E-state index contributed by atoms with van der Waals surface area (Å²) in [5.41, 5.74) is 3.57. The second-order valence-electron chi connectivity index (χ2n) is 3.93. The Kier molecular flexibility index (Phi) is 2.97. The highest BCUT2D eigenvalue weighted by atomic mass is 16.3. The molecule has 0 radical (unpaired) electrons. The molecule has 2 aromatic rings. The summed E-state index contributed by atoms with van der Waals surface area (Å²) >= 11 is 0. The zero-order chi connectivity index (χ0) is 11.5. The summed E-state index contributed by atoms with van der Waals surface area (Å²) in [6.45, 7) is 3.88. The van der Waals surface area contributed by atoms with Crippen LogP contribution in [0.1, 0.15) is 28.5 Å². The Hall–Kier alpha value is -1.74. The predicted octanol–water partition coefficient (Wildman–Crippen LogP) is 2.18. The molecule has 0 saturated carbocycles. The van der Waals surface area contributed by atoms with Crippen molar-refractivity contribution < 1.29 is 5.11 Å². The van der Waals surface area contributed by atoms with E-state index in [1.165, 1.54) is 0 Å². The Labute approximate surface area is 94.8 Å². The van der Waals surface area contributed by atoms with Gasteiger partial charge in [-0.3, -0.25) is 9.97 Å². The van der Waals surface area contributed by atoms with Crippen LogP contribution in [0.3, 0.4) is 0 Å². The molecule has 3 nitrogen and oxygen atoms in total. The second kappa shape index (κ2) is 4.41. The van der Waals surface area contributed by atoms with E-state index in [9.17, 15) is 5.11 Å². The minimum Gasteiger partial charge on any atom is -0.384 e. The molecule has 2 heterocycles. The third-order valence-corrected chi connectivity index (χ3v) is 2.46. The molecule has 0 aliphatic carbocycles. The first-order valence-corrected chi connectivity index (χ1v) is 5.19. The van der Waals surface area contributed by atoms with E-state index in [0.29, 0.717) is 0 Å². The second-order valence-corrected chi connectivity index (χ2v) is 3.93. The quantitative estimate of drug-likeness (QED) is 0.833. The molecular formula is C13H14N2O. The van der Waals surface area contributed by atoms with Gasteiger partial charge in [-0.1, -0.05) is 12.1 Å². The van der Waals surface area contributed by atoms with Crippen molar-refractivity contribution in [3.63, 3.8) is 0 Å². The predicted molar refractivity (Wildman–Crippen MR) is 62.0 cm³/mol. The zero-order valence-corrected chi connectivity index (χ0v) is 9.38. The van der Waals surface area contributed by atoms with Crippen LogP contribution in [0, 0.1) is 13.8 Å². The lowest BCUT2D eigenvalue weighted by molar-refractivity contribution is 0.219. The van der Waals surface area contributed by atoms with E-state index in [0.717, 1.165) is 22.4 Å². The molecule has 3 heteroatoms. The largest absolute Gasteiger partial charge is 0.384 e. The molecule has 2 rings (SSSR count). The van der Waals surface area contributed by atoms with Gasteiger partial charge in [-0.2, -0.15) is 0 Å². The Morgan fingerprint density at radius 3 is 2.50 bits per heavy atom. The maximum atomic E-state index is 10.1. The lowest BCUT2D eigenvalue weighted by Crippen LogP contribution is -2.01. The molecule has 0 aliphatic rings. The minimum atomic E-state index is -0.652. The third kappa shape index (κ3) is 2.25. The van der Waals surface area contributed by atoms with Crippen LogP contribution >= 0.6 is 0 Å². The van der Waals surface area contributed by atoms with Crippen LogP contribution in [0.5, 0.6) is 0 Å². The number of aliphatic hydroxyl groups is 1. The summed E-state index contributed by atoms with van der Waals surface area (Å²) in [6, 6.07) is 5.70. The van der Waals surface area contributed by atoms with Gasteiger partial charge in [0, 0.05) is 35.4 Å². The monoisotopic (exact) mass is 214 g/mol. The van der Waals surface area contributed by atoms with E-state index in [2.05, 4.69) is 9.97 Å². The number of aryl methyl sites for hydroxylation is 2. The highest BCUT2D eigenvalue weighted by molar-refractivity contribution is 5.28. The van der Waals surface area contributed by atoms with Crippen LogP contribution in [0.25, 0.3) is 0 Å². The number of pyridine rings is 2. The molecule has 2 aromatic heterocycles. The van der Waals surface area contributed by atoms with Crippen LogP contribution in [0.2, 0.25) is 0 Å². The van der Waals surface area contributed by atoms with Gasteiger partial charge in [0.2, 0.25) is 0 Å². The molecule has 0 spiro atoms. The van der Waals surface area contributed by atoms with E-state index < -0.39 is 6.10 Å². The van der Waals surface area contributed by atoms with Gasteiger partial charge in [0.1, 0.15) is 6.10 Å². The van der Waals surface area contributed by atoms with Crippen molar-refractivity contribution in [2.75, 3.05) is 0 Å². The maximum Gasteiger partial charge on any atom is 0.107 e. The Morgan fingerprint density at radius 2 is 1.88 bits per heavy atom. The fraction of sp³-hybridized carbons (Fsp3) is 0.231. The lowest BCUT2D eigenvalue weighted by Gasteiger charge is -2.11. The van der Waals surface area contributed by atoms with Crippen molar-refractivity contribution in [1.82, 2.24) is 9.97 Å². The van der Waals surface area contributed by atoms with Gasteiger partial charge in [-0.25, -0.2) is 0 Å². The summed E-state index contributed by atoms with van der Waals surface area (Å²) in [5, 5.41) is 10.1. The van der Waals surface area contributed by atoms with Crippen molar-refractivity contribution >= 4 is 0 Å². The van der Waals surface area contributed by atoms with Gasteiger partial charge in [0.25, 0.3) is 0 Å². The number of aliphatic hydroxyl groups excluding tert-OH is 1. The van der Waals surface area contributed by atoms with Crippen molar-refractivity contribution in [2.24, 2.45) is 0 Å². The fourth-order valence-corrected chi connectivity index (χ4v) is 1.56. The molecule has 1 atom stereocenters. The van der Waals surface area contributed by atoms with Crippen molar-refractivity contribution in [2.45, 2.75) is 20.0 Å². The van der Waals surface area contributed by atoms with E-state index in [1.54, 1.807) is 18.6 Å². The fourth-order valence-electron chi connectivity index (χ4n) is 1.56. The number of hydrogen-bond donors (Lipinski definition) is 1. The molecule has 0 amide bonds. The number of nitrogens with zero attached hydrogens (tertiary/aromatic N) is 2. The summed E-state index contributed by atoms with van der Waals surface area (Å²) in [7, 11) is 0. The topological polar surface area (TPSA) is 46.0 Å². The maximum absolute atomic E-state index is 10.1. The SMILES string of the molecule is Cc1cncc(C(O)c2ccc(C)nc2)c1. The summed E-state index contributed by atoms with van der Waals surface area (Å²) in [6.07, 6.45) is 4.49. The number of rotatable bonds is 2. The van der Waals surface area contributed by atoms with Crippen LogP contribution in [-0.4, -0.2) is 15.1 Å². The summed E-state index contributed by atoms with van der Waals surface area (Å²) in [5.74, 6) is 0. The molecule has 1 unspecified atom stereocenters. The van der Waals surface area contributed by atoms with Crippen LogP contribution in [0.15, 0.2) is 36.8 Å². The normalized spacial score (nSPS) is 12.4. The van der Waals surface area contributed by atoms with Gasteiger partial charge in [0.05, 0.1) is 0 Å². The summed E-state index contributed by atoms with van der Waals surface area (Å²) in [4.78, 5) is 8.24. The molecule has 0 saturated heterocycles.